The van der Waals surface area contributed by atoms with Crippen LogP contribution in [0.5, 0.6) is 0 Å². The van der Waals surface area contributed by atoms with Crippen LogP contribution in [-0.4, -0.2) is 11.0 Å². The second kappa shape index (κ2) is 5.59. The van der Waals surface area contributed by atoms with Gasteiger partial charge in [0.25, 0.3) is 0 Å². The first kappa shape index (κ1) is 13.8. The molecule has 100 valence electrons. The molecule has 0 aliphatic rings. The summed E-state index contributed by atoms with van der Waals surface area (Å²) in [5, 5.41) is 1.05. The fourth-order valence-corrected chi connectivity index (χ4v) is 2.66. The van der Waals surface area contributed by atoms with Gasteiger partial charge >= 0.3 is 5.97 Å². The molecular formula is C13H13ClN2O2S. The zero-order valence-corrected chi connectivity index (χ0v) is 12.1. The molecule has 6 heteroatoms. The number of rotatable bonds is 3. The number of anilines is 1. The summed E-state index contributed by atoms with van der Waals surface area (Å²) < 4.78 is 5.19. The molecule has 0 saturated carbocycles. The normalized spacial score (nSPS) is 10.5. The zero-order chi connectivity index (χ0) is 14.0. The second-order valence-corrected chi connectivity index (χ2v) is 5.72. The summed E-state index contributed by atoms with van der Waals surface area (Å²) in [5.74, 6) is -0.534. The van der Waals surface area contributed by atoms with Crippen molar-refractivity contribution in [1.82, 2.24) is 4.98 Å². The Morgan fingerprint density at radius 1 is 1.47 bits per heavy atom. The monoisotopic (exact) mass is 296 g/mol. The highest BCUT2D eigenvalue weighted by atomic mass is 35.5. The number of hydrogen-bond donors (Lipinski definition) is 1. The van der Waals surface area contributed by atoms with Crippen LogP contribution in [0.3, 0.4) is 0 Å². The van der Waals surface area contributed by atoms with Gasteiger partial charge in [-0.25, -0.2) is 9.78 Å². The van der Waals surface area contributed by atoms with Crippen molar-refractivity contribution in [3.63, 3.8) is 0 Å². The molecule has 0 aliphatic carbocycles. The molecule has 0 unspecified atom stereocenters. The number of aryl methyl sites for hydroxylation is 2. The van der Waals surface area contributed by atoms with Crippen LogP contribution < -0.4 is 5.73 Å². The van der Waals surface area contributed by atoms with Crippen LogP contribution in [0.4, 0.5) is 5.69 Å². The summed E-state index contributed by atoms with van der Waals surface area (Å²) >= 11 is 7.45. The molecule has 2 aromatic rings. The van der Waals surface area contributed by atoms with Gasteiger partial charge in [0.05, 0.1) is 10.7 Å². The van der Waals surface area contributed by atoms with E-state index in [4.69, 9.17) is 22.1 Å². The van der Waals surface area contributed by atoms with E-state index in [-0.39, 0.29) is 17.2 Å². The second-order valence-electron chi connectivity index (χ2n) is 4.03. The van der Waals surface area contributed by atoms with Gasteiger partial charge in [-0.05, 0) is 26.0 Å². The Morgan fingerprint density at radius 3 is 2.79 bits per heavy atom. The molecule has 0 spiro atoms. The Morgan fingerprint density at radius 2 is 2.21 bits per heavy atom. The highest BCUT2D eigenvalue weighted by molar-refractivity contribution is 7.11. The maximum absolute atomic E-state index is 11.9. The first-order valence-electron chi connectivity index (χ1n) is 5.63. The molecule has 2 N–H and O–H groups in total. The van der Waals surface area contributed by atoms with Crippen molar-refractivity contribution in [2.75, 3.05) is 5.73 Å². The molecule has 0 radical (unpaired) electrons. The first-order valence-corrected chi connectivity index (χ1v) is 6.82. The lowest BCUT2D eigenvalue weighted by atomic mass is 10.2. The molecule has 19 heavy (non-hydrogen) atoms. The van der Waals surface area contributed by atoms with Gasteiger partial charge in [-0.1, -0.05) is 17.7 Å². The minimum Gasteiger partial charge on any atom is -0.455 e. The maximum atomic E-state index is 11.9. The number of esters is 1. The number of thiazole rings is 1. The van der Waals surface area contributed by atoms with Gasteiger partial charge in [0.2, 0.25) is 0 Å². The number of halogens is 1. The van der Waals surface area contributed by atoms with Gasteiger partial charge in [0, 0.05) is 10.6 Å². The Balaban J connectivity index is 2.09. The number of ether oxygens (including phenoxy) is 1. The van der Waals surface area contributed by atoms with Crippen molar-refractivity contribution in [1.29, 1.82) is 0 Å². The molecule has 0 fully saturated rings. The quantitative estimate of drug-likeness (QED) is 0.697. The molecule has 0 saturated heterocycles. The molecule has 0 atom stereocenters. The number of nitrogen functional groups attached to an aromatic ring is 1. The SMILES string of the molecule is Cc1nc(COC(=O)c2c(N)cccc2Cl)sc1C. The van der Waals surface area contributed by atoms with Crippen LogP contribution in [0.1, 0.15) is 25.9 Å². The van der Waals surface area contributed by atoms with E-state index in [9.17, 15) is 4.79 Å². The van der Waals surface area contributed by atoms with Crippen molar-refractivity contribution in [2.24, 2.45) is 0 Å². The highest BCUT2D eigenvalue weighted by Crippen LogP contribution is 2.24. The first-order chi connectivity index (χ1) is 8.99. The van der Waals surface area contributed by atoms with E-state index in [0.29, 0.717) is 5.69 Å². The average Bonchev–Trinajstić information content (AvgIpc) is 2.66. The number of hydrogen-bond acceptors (Lipinski definition) is 5. The number of nitrogens with zero attached hydrogens (tertiary/aromatic N) is 1. The van der Waals surface area contributed by atoms with E-state index in [1.54, 1.807) is 18.2 Å². The van der Waals surface area contributed by atoms with E-state index in [1.165, 1.54) is 11.3 Å². The van der Waals surface area contributed by atoms with Crippen LogP contribution in [-0.2, 0) is 11.3 Å². The van der Waals surface area contributed by atoms with Crippen molar-refractivity contribution in [2.45, 2.75) is 20.5 Å². The van der Waals surface area contributed by atoms with E-state index in [0.717, 1.165) is 15.6 Å². The van der Waals surface area contributed by atoms with Crippen molar-refractivity contribution < 1.29 is 9.53 Å². The summed E-state index contributed by atoms with van der Waals surface area (Å²) in [7, 11) is 0. The minimum atomic E-state index is -0.534. The van der Waals surface area contributed by atoms with Gasteiger partial charge in [-0.15, -0.1) is 11.3 Å². The minimum absolute atomic E-state index is 0.128. The zero-order valence-electron chi connectivity index (χ0n) is 10.6. The standard InChI is InChI=1S/C13H13ClN2O2S/c1-7-8(2)19-11(16-7)6-18-13(17)12-9(14)4-3-5-10(12)15/h3-5H,6,15H2,1-2H3. The summed E-state index contributed by atoms with van der Waals surface area (Å²) in [6.45, 7) is 4.02. The Bertz CT molecular complexity index is 585. The van der Waals surface area contributed by atoms with E-state index < -0.39 is 5.97 Å². The molecule has 0 bridgehead atoms. The molecular weight excluding hydrogens is 284 g/mol. The Hall–Kier alpha value is -1.59. The van der Waals surface area contributed by atoms with Gasteiger partial charge < -0.3 is 10.5 Å². The number of carbonyl (C=O) groups excluding carboxylic acids is 1. The molecule has 0 aliphatic heterocycles. The topological polar surface area (TPSA) is 65.2 Å². The third-order valence-corrected chi connectivity index (χ3v) is 4.01. The Kier molecular flexibility index (Phi) is 4.07. The molecule has 1 aromatic carbocycles. The number of carbonyl (C=O) groups is 1. The van der Waals surface area contributed by atoms with Crippen LogP contribution in [0, 0.1) is 13.8 Å². The summed E-state index contributed by atoms with van der Waals surface area (Å²) in [6, 6.07) is 4.90. The van der Waals surface area contributed by atoms with Crippen LogP contribution in [0.25, 0.3) is 0 Å². The van der Waals surface area contributed by atoms with Gasteiger partial charge in [-0.3, -0.25) is 0 Å². The summed E-state index contributed by atoms with van der Waals surface area (Å²) in [5.41, 5.74) is 7.19. The van der Waals surface area contributed by atoms with E-state index in [1.807, 2.05) is 13.8 Å². The summed E-state index contributed by atoms with van der Waals surface area (Å²) in [6.07, 6.45) is 0. The fraction of sp³-hybridized carbons (Fsp3) is 0.231. The predicted octanol–water partition coefficient (Wildman–Crippen LogP) is 3.35. The molecule has 2 rings (SSSR count). The van der Waals surface area contributed by atoms with Crippen LogP contribution >= 0.6 is 22.9 Å². The molecule has 4 nitrogen and oxygen atoms in total. The van der Waals surface area contributed by atoms with Crippen LogP contribution in [0.15, 0.2) is 18.2 Å². The Labute approximate surface area is 120 Å². The number of benzene rings is 1. The van der Waals surface area contributed by atoms with Crippen molar-refractivity contribution >= 4 is 34.6 Å². The third-order valence-electron chi connectivity index (χ3n) is 2.65. The smallest absolute Gasteiger partial charge is 0.342 e. The highest BCUT2D eigenvalue weighted by Gasteiger charge is 2.16. The third kappa shape index (κ3) is 3.05. The summed E-state index contributed by atoms with van der Waals surface area (Å²) in [4.78, 5) is 17.4. The molecule has 1 heterocycles. The lowest BCUT2D eigenvalue weighted by Gasteiger charge is -2.07. The lowest BCUT2D eigenvalue weighted by molar-refractivity contribution is 0.0474. The van der Waals surface area contributed by atoms with Crippen LogP contribution in [0.2, 0.25) is 5.02 Å². The number of nitrogens with two attached hydrogens (primary N) is 1. The number of aromatic nitrogens is 1. The van der Waals surface area contributed by atoms with Gasteiger partial charge in [0.15, 0.2) is 0 Å². The molecule has 1 aromatic heterocycles. The van der Waals surface area contributed by atoms with Crippen molar-refractivity contribution in [3.8, 4) is 0 Å². The van der Waals surface area contributed by atoms with Gasteiger partial charge in [-0.2, -0.15) is 0 Å². The lowest BCUT2D eigenvalue weighted by Crippen LogP contribution is -2.09. The van der Waals surface area contributed by atoms with Gasteiger partial charge in [0.1, 0.15) is 17.2 Å². The maximum Gasteiger partial charge on any atom is 0.342 e. The largest absolute Gasteiger partial charge is 0.455 e. The van der Waals surface area contributed by atoms with E-state index >= 15 is 0 Å². The molecule has 0 amide bonds. The van der Waals surface area contributed by atoms with E-state index in [2.05, 4.69) is 4.98 Å². The average molecular weight is 297 g/mol. The van der Waals surface area contributed by atoms with Crippen molar-refractivity contribution in [3.05, 3.63) is 44.4 Å². The predicted molar refractivity (Wildman–Crippen MR) is 76.6 cm³/mol. The fourth-order valence-electron chi connectivity index (χ4n) is 1.56.